The molecule has 2 aliphatic rings. The predicted molar refractivity (Wildman–Crippen MR) is 117 cm³/mol. The Bertz CT molecular complexity index is 1240. The van der Waals surface area contributed by atoms with Crippen LogP contribution in [0.15, 0.2) is 78.0 Å². The molecule has 0 saturated heterocycles. The first-order valence-corrected chi connectivity index (χ1v) is 10.0. The largest absolute Gasteiger partial charge is 0.497 e. The summed E-state index contributed by atoms with van der Waals surface area (Å²) in [7, 11) is 1.53. The van der Waals surface area contributed by atoms with Crippen molar-refractivity contribution in [2.45, 2.75) is 5.60 Å². The summed E-state index contributed by atoms with van der Waals surface area (Å²) in [5.74, 6) is -1.18. The maximum absolute atomic E-state index is 13.9. The first-order valence-electron chi connectivity index (χ1n) is 9.66. The van der Waals surface area contributed by atoms with E-state index in [0.29, 0.717) is 38.9 Å². The van der Waals surface area contributed by atoms with E-state index in [1.54, 1.807) is 66.7 Å². The van der Waals surface area contributed by atoms with Crippen molar-refractivity contribution < 1.29 is 19.2 Å². The number of Topliss-reactive ketones (excluding diaryl/α,β-unsaturated/α-hetero) is 1. The van der Waals surface area contributed by atoms with Crippen molar-refractivity contribution in [1.82, 2.24) is 0 Å². The Balaban J connectivity index is 1.69. The van der Waals surface area contributed by atoms with Crippen molar-refractivity contribution in [3.8, 4) is 5.75 Å². The minimum atomic E-state index is -1.59. The van der Waals surface area contributed by atoms with Gasteiger partial charge >= 0.3 is 0 Å². The number of carbonyl (C=O) groups is 2. The van der Waals surface area contributed by atoms with E-state index in [4.69, 9.17) is 21.2 Å². The van der Waals surface area contributed by atoms with Gasteiger partial charge in [0, 0.05) is 27.4 Å². The molecule has 0 fully saturated rings. The number of methoxy groups -OCH3 is 1. The average molecular weight is 433 g/mol. The number of halogens is 1. The summed E-state index contributed by atoms with van der Waals surface area (Å²) >= 11 is 6.04. The van der Waals surface area contributed by atoms with E-state index in [2.05, 4.69) is 10.5 Å². The van der Waals surface area contributed by atoms with Crippen molar-refractivity contribution in [3.63, 3.8) is 0 Å². The zero-order chi connectivity index (χ0) is 21.6. The maximum Gasteiger partial charge on any atom is 0.277 e. The fourth-order valence-electron chi connectivity index (χ4n) is 4.14. The number of amides is 1. The molecule has 1 amide bonds. The molecule has 6 nitrogen and oxygen atoms in total. The first kappa shape index (κ1) is 19.3. The van der Waals surface area contributed by atoms with Gasteiger partial charge in [-0.05, 0) is 30.3 Å². The number of benzene rings is 3. The molecule has 0 saturated carbocycles. The number of fused-ring (bicyclic) bond motifs is 2. The third kappa shape index (κ3) is 2.91. The normalized spacial score (nSPS) is 21.3. The van der Waals surface area contributed by atoms with Crippen LogP contribution in [0.1, 0.15) is 21.5 Å². The lowest BCUT2D eigenvalue weighted by atomic mass is 9.74. The lowest BCUT2D eigenvalue weighted by molar-refractivity contribution is -0.140. The molecule has 0 aromatic heterocycles. The number of carbonyl (C=O) groups excluding carboxylic acids is 2. The van der Waals surface area contributed by atoms with E-state index in [0.717, 1.165) is 0 Å². The van der Waals surface area contributed by atoms with Gasteiger partial charge in [-0.25, -0.2) is 0 Å². The fraction of sp³-hybridized carbons (Fsp3) is 0.125. The molecule has 0 bridgehead atoms. The topological polar surface area (TPSA) is 77.0 Å². The third-order valence-corrected chi connectivity index (χ3v) is 5.89. The summed E-state index contributed by atoms with van der Waals surface area (Å²) in [5.41, 5.74) is 1.01. The number of ether oxygens (including phenoxy) is 1. The molecule has 2 aliphatic heterocycles. The summed E-state index contributed by atoms with van der Waals surface area (Å²) in [5, 5.41) is 7.64. The Morgan fingerprint density at radius 1 is 1.10 bits per heavy atom. The van der Waals surface area contributed by atoms with Crippen molar-refractivity contribution in [1.29, 1.82) is 0 Å². The van der Waals surface area contributed by atoms with Crippen molar-refractivity contribution in [2.24, 2.45) is 11.1 Å². The van der Waals surface area contributed by atoms with Gasteiger partial charge in [0.1, 0.15) is 17.4 Å². The molecule has 0 radical (unpaired) electrons. The Morgan fingerprint density at radius 3 is 2.65 bits per heavy atom. The lowest BCUT2D eigenvalue weighted by Gasteiger charge is -2.26. The fourth-order valence-corrected chi connectivity index (χ4v) is 4.27. The highest BCUT2D eigenvalue weighted by Gasteiger charge is 2.63. The number of hydrogen-bond donors (Lipinski definition) is 1. The lowest BCUT2D eigenvalue weighted by Crippen LogP contribution is -2.46. The molecule has 2 atom stereocenters. The van der Waals surface area contributed by atoms with E-state index in [1.807, 2.05) is 6.07 Å². The highest BCUT2D eigenvalue weighted by Crippen LogP contribution is 2.49. The predicted octanol–water partition coefficient (Wildman–Crippen LogP) is 4.43. The van der Waals surface area contributed by atoms with E-state index in [9.17, 15) is 9.59 Å². The van der Waals surface area contributed by atoms with Gasteiger partial charge in [-0.15, -0.1) is 0 Å². The molecule has 0 aliphatic carbocycles. The van der Waals surface area contributed by atoms with Gasteiger partial charge in [-0.2, -0.15) is 0 Å². The van der Waals surface area contributed by atoms with Crippen LogP contribution in [0, 0.1) is 5.92 Å². The SMILES string of the molecule is COc1cccc(C(=O)[C@@H]2C(c3ccc(Cl)cc3)=NO[C@@]23C(=O)Nc2ccccc23)c1. The molecule has 1 spiro atoms. The second-order valence-electron chi connectivity index (χ2n) is 7.34. The Morgan fingerprint density at radius 2 is 1.87 bits per heavy atom. The van der Waals surface area contributed by atoms with Gasteiger partial charge in [0.15, 0.2) is 5.78 Å². The van der Waals surface area contributed by atoms with Crippen LogP contribution in [0.3, 0.4) is 0 Å². The van der Waals surface area contributed by atoms with Crippen LogP contribution < -0.4 is 10.1 Å². The van der Waals surface area contributed by atoms with E-state index < -0.39 is 17.4 Å². The molecule has 2 heterocycles. The van der Waals surface area contributed by atoms with Crippen LogP contribution in [0.5, 0.6) is 5.75 Å². The van der Waals surface area contributed by atoms with Gasteiger partial charge in [0.05, 0.1) is 7.11 Å². The smallest absolute Gasteiger partial charge is 0.277 e. The second kappa shape index (κ2) is 7.25. The number of para-hydroxylation sites is 1. The summed E-state index contributed by atoms with van der Waals surface area (Å²) in [6, 6.07) is 20.9. The molecule has 1 N–H and O–H groups in total. The summed E-state index contributed by atoms with van der Waals surface area (Å²) in [6.45, 7) is 0. The number of rotatable bonds is 4. The number of nitrogens with one attached hydrogen (secondary N) is 1. The molecule has 0 unspecified atom stereocenters. The molecule has 3 aromatic rings. The highest BCUT2D eigenvalue weighted by atomic mass is 35.5. The van der Waals surface area contributed by atoms with Gasteiger partial charge in [0.25, 0.3) is 11.5 Å². The van der Waals surface area contributed by atoms with Gasteiger partial charge in [-0.1, -0.05) is 59.2 Å². The van der Waals surface area contributed by atoms with Crippen molar-refractivity contribution in [3.05, 3.63) is 94.5 Å². The monoisotopic (exact) mass is 432 g/mol. The number of ketones is 1. The van der Waals surface area contributed by atoms with Crippen LogP contribution >= 0.6 is 11.6 Å². The number of nitrogens with zero attached hydrogens (tertiary/aromatic N) is 1. The van der Waals surface area contributed by atoms with Crippen LogP contribution in [0.2, 0.25) is 5.02 Å². The summed E-state index contributed by atoms with van der Waals surface area (Å²) < 4.78 is 5.28. The zero-order valence-electron chi connectivity index (χ0n) is 16.5. The van der Waals surface area contributed by atoms with Crippen LogP contribution in [0.4, 0.5) is 5.69 Å². The van der Waals surface area contributed by atoms with Crippen LogP contribution in [-0.4, -0.2) is 24.5 Å². The molecule has 3 aromatic carbocycles. The van der Waals surface area contributed by atoms with Gasteiger partial charge in [0.2, 0.25) is 0 Å². The second-order valence-corrected chi connectivity index (χ2v) is 7.78. The minimum Gasteiger partial charge on any atom is -0.497 e. The van der Waals surface area contributed by atoms with Crippen LogP contribution in [-0.2, 0) is 15.2 Å². The Hall–Kier alpha value is -3.64. The van der Waals surface area contributed by atoms with Gasteiger partial charge < -0.3 is 14.9 Å². The molecular weight excluding hydrogens is 416 g/mol. The summed E-state index contributed by atoms with van der Waals surface area (Å²) in [6.07, 6.45) is 0. The molecule has 7 heteroatoms. The minimum absolute atomic E-state index is 0.294. The molecule has 154 valence electrons. The molecule has 5 rings (SSSR count). The van der Waals surface area contributed by atoms with Crippen molar-refractivity contribution in [2.75, 3.05) is 12.4 Å². The van der Waals surface area contributed by atoms with Crippen LogP contribution in [0.25, 0.3) is 0 Å². The summed E-state index contributed by atoms with van der Waals surface area (Å²) in [4.78, 5) is 32.9. The zero-order valence-corrected chi connectivity index (χ0v) is 17.2. The number of hydrogen-bond acceptors (Lipinski definition) is 5. The van der Waals surface area contributed by atoms with Gasteiger partial charge in [-0.3, -0.25) is 9.59 Å². The van der Waals surface area contributed by atoms with E-state index >= 15 is 0 Å². The molecule has 31 heavy (non-hydrogen) atoms. The average Bonchev–Trinajstić information content (AvgIpc) is 3.33. The maximum atomic E-state index is 13.9. The Kier molecular flexibility index (Phi) is 4.52. The van der Waals surface area contributed by atoms with Crippen molar-refractivity contribution >= 4 is 34.7 Å². The highest BCUT2D eigenvalue weighted by molar-refractivity contribution is 6.31. The van der Waals surface area contributed by atoms with E-state index in [1.165, 1.54) is 7.11 Å². The first-order chi connectivity index (χ1) is 15.0. The number of oxime groups is 1. The quantitative estimate of drug-likeness (QED) is 0.619. The standard InChI is InChI=1S/C24H17ClN2O4/c1-30-17-6-4-5-15(13-17)22(28)20-21(14-9-11-16(25)12-10-14)27-31-24(20)18-7-2-3-8-19(18)26-23(24)29/h2-13,20H,1H3,(H,26,29)/t20-,24+/m0/s1. The molecular formula is C24H17ClN2O4. The Labute approximate surface area is 183 Å². The number of anilines is 1. The van der Waals surface area contributed by atoms with E-state index in [-0.39, 0.29) is 5.78 Å². The third-order valence-electron chi connectivity index (χ3n) is 5.64.